The highest BCUT2D eigenvalue weighted by Gasteiger charge is 2.22. The molecule has 0 aliphatic rings. The van der Waals surface area contributed by atoms with Gasteiger partial charge in [0.25, 0.3) is 0 Å². The third-order valence-electron chi connectivity index (χ3n) is 2.98. The van der Waals surface area contributed by atoms with Crippen molar-refractivity contribution in [3.05, 3.63) is 60.3 Å². The lowest BCUT2D eigenvalue weighted by molar-refractivity contribution is -0.142. The van der Waals surface area contributed by atoms with Gasteiger partial charge in [0.2, 0.25) is 0 Å². The topological polar surface area (TPSA) is 80.3 Å². The average Bonchev–Trinajstić information content (AvgIpc) is 2.55. The van der Waals surface area contributed by atoms with Gasteiger partial charge in [-0.05, 0) is 17.7 Å². The second-order valence-corrected chi connectivity index (χ2v) is 4.58. The van der Waals surface area contributed by atoms with Crippen LogP contribution < -0.4 is 10.6 Å². The average molecular weight is 299 g/mol. The van der Waals surface area contributed by atoms with Gasteiger partial charge in [0, 0.05) is 12.6 Å². The molecular formula is C16H17N3O3. The number of carbonyl (C=O) groups is 2. The van der Waals surface area contributed by atoms with Crippen LogP contribution in [0.4, 0.5) is 10.6 Å². The Balaban J connectivity index is 2.00. The molecule has 1 heterocycles. The number of methoxy groups -OCH3 is 1. The first-order valence-electron chi connectivity index (χ1n) is 6.79. The van der Waals surface area contributed by atoms with Crippen LogP contribution in [0, 0.1) is 0 Å². The molecule has 1 aromatic carbocycles. The summed E-state index contributed by atoms with van der Waals surface area (Å²) in [7, 11) is 1.29. The zero-order valence-electron chi connectivity index (χ0n) is 12.2. The Labute approximate surface area is 128 Å². The Kier molecular flexibility index (Phi) is 5.48. The summed E-state index contributed by atoms with van der Waals surface area (Å²) < 4.78 is 4.74. The Morgan fingerprint density at radius 1 is 1.14 bits per heavy atom. The fourth-order valence-corrected chi connectivity index (χ4v) is 1.93. The number of amides is 2. The minimum atomic E-state index is -0.767. The summed E-state index contributed by atoms with van der Waals surface area (Å²) in [5.41, 5.74) is 0.927. The molecule has 0 bridgehead atoms. The fraction of sp³-hybridized carbons (Fsp3) is 0.188. The molecule has 2 N–H and O–H groups in total. The second-order valence-electron chi connectivity index (χ2n) is 4.58. The summed E-state index contributed by atoms with van der Waals surface area (Å²) in [4.78, 5) is 27.8. The summed E-state index contributed by atoms with van der Waals surface area (Å²) >= 11 is 0. The third-order valence-corrected chi connectivity index (χ3v) is 2.98. The van der Waals surface area contributed by atoms with Gasteiger partial charge >= 0.3 is 12.0 Å². The Bertz CT molecular complexity index is 617. The Morgan fingerprint density at radius 2 is 1.86 bits per heavy atom. The molecule has 0 fully saturated rings. The lowest BCUT2D eigenvalue weighted by atomic mass is 10.1. The van der Waals surface area contributed by atoms with Crippen molar-refractivity contribution < 1.29 is 14.3 Å². The van der Waals surface area contributed by atoms with Crippen LogP contribution in [0.2, 0.25) is 0 Å². The number of ether oxygens (including phenoxy) is 1. The van der Waals surface area contributed by atoms with Gasteiger partial charge in [0.05, 0.1) is 7.11 Å². The lowest BCUT2D eigenvalue weighted by Crippen LogP contribution is -2.45. The predicted octanol–water partition coefficient (Wildman–Crippen LogP) is 1.99. The molecule has 22 heavy (non-hydrogen) atoms. The maximum absolute atomic E-state index is 12.0. The van der Waals surface area contributed by atoms with Crippen LogP contribution in [0.5, 0.6) is 0 Å². The lowest BCUT2D eigenvalue weighted by Gasteiger charge is -2.16. The number of hydrogen-bond acceptors (Lipinski definition) is 4. The van der Waals surface area contributed by atoms with Crippen LogP contribution >= 0.6 is 0 Å². The van der Waals surface area contributed by atoms with Crippen molar-refractivity contribution in [2.45, 2.75) is 12.5 Å². The number of esters is 1. The van der Waals surface area contributed by atoms with E-state index in [1.165, 1.54) is 7.11 Å². The number of nitrogens with zero attached hydrogens (tertiary/aromatic N) is 1. The molecule has 1 aromatic heterocycles. The van der Waals surface area contributed by atoms with Crippen LogP contribution in [0.3, 0.4) is 0 Å². The number of anilines is 1. The van der Waals surface area contributed by atoms with Crippen LogP contribution in [0.1, 0.15) is 5.56 Å². The summed E-state index contributed by atoms with van der Waals surface area (Å²) in [6.45, 7) is 0. The van der Waals surface area contributed by atoms with E-state index in [9.17, 15) is 9.59 Å². The fourth-order valence-electron chi connectivity index (χ4n) is 1.93. The van der Waals surface area contributed by atoms with Gasteiger partial charge < -0.3 is 10.1 Å². The van der Waals surface area contributed by atoms with E-state index in [0.29, 0.717) is 12.2 Å². The Hall–Kier alpha value is -2.89. The first-order valence-corrected chi connectivity index (χ1v) is 6.79. The maximum atomic E-state index is 12.0. The SMILES string of the molecule is COC(=O)[C@@H](Cc1ccccc1)NC(=O)Nc1ccccn1. The molecule has 0 saturated heterocycles. The molecular weight excluding hydrogens is 282 g/mol. The van der Waals surface area contributed by atoms with Gasteiger partial charge in [-0.1, -0.05) is 36.4 Å². The van der Waals surface area contributed by atoms with Crippen molar-refractivity contribution in [1.29, 1.82) is 0 Å². The molecule has 6 nitrogen and oxygen atoms in total. The molecule has 0 saturated carbocycles. The van der Waals surface area contributed by atoms with E-state index in [2.05, 4.69) is 15.6 Å². The van der Waals surface area contributed by atoms with Crippen LogP contribution in [0.15, 0.2) is 54.7 Å². The molecule has 0 aliphatic carbocycles. The summed E-state index contributed by atoms with van der Waals surface area (Å²) in [5.74, 6) is -0.0941. The van der Waals surface area contributed by atoms with E-state index in [4.69, 9.17) is 4.74 Å². The van der Waals surface area contributed by atoms with E-state index >= 15 is 0 Å². The van der Waals surface area contributed by atoms with Crippen molar-refractivity contribution in [2.75, 3.05) is 12.4 Å². The first kappa shape index (κ1) is 15.5. The molecule has 0 unspecified atom stereocenters. The maximum Gasteiger partial charge on any atom is 0.328 e. The summed E-state index contributed by atoms with van der Waals surface area (Å²) in [5, 5.41) is 5.17. The van der Waals surface area contributed by atoms with Gasteiger partial charge in [0.15, 0.2) is 0 Å². The van der Waals surface area contributed by atoms with Crippen molar-refractivity contribution in [3.63, 3.8) is 0 Å². The molecule has 114 valence electrons. The molecule has 0 aliphatic heterocycles. The number of aromatic nitrogens is 1. The largest absolute Gasteiger partial charge is 0.467 e. The molecule has 2 amide bonds. The van der Waals surface area contributed by atoms with Gasteiger partial charge in [-0.3, -0.25) is 5.32 Å². The number of hydrogen-bond donors (Lipinski definition) is 2. The smallest absolute Gasteiger partial charge is 0.328 e. The number of nitrogens with one attached hydrogen (secondary N) is 2. The number of benzene rings is 1. The van der Waals surface area contributed by atoms with Gasteiger partial charge in [0.1, 0.15) is 11.9 Å². The molecule has 0 radical (unpaired) electrons. The van der Waals surface area contributed by atoms with E-state index in [0.717, 1.165) is 5.56 Å². The van der Waals surface area contributed by atoms with E-state index in [1.54, 1.807) is 24.4 Å². The zero-order valence-corrected chi connectivity index (χ0v) is 12.2. The number of rotatable bonds is 5. The standard InChI is InChI=1S/C16H17N3O3/c1-22-15(20)13(11-12-7-3-2-4-8-12)18-16(21)19-14-9-5-6-10-17-14/h2-10,13H,11H2,1H3,(H2,17,18,19,21)/t13-/m1/s1. The first-order chi connectivity index (χ1) is 10.7. The van der Waals surface area contributed by atoms with Gasteiger partial charge in [-0.2, -0.15) is 0 Å². The number of pyridine rings is 1. The number of urea groups is 1. The van der Waals surface area contributed by atoms with Crippen LogP contribution in [-0.4, -0.2) is 30.1 Å². The van der Waals surface area contributed by atoms with Crippen molar-refractivity contribution >= 4 is 17.8 Å². The van der Waals surface area contributed by atoms with E-state index < -0.39 is 18.0 Å². The van der Waals surface area contributed by atoms with Crippen molar-refractivity contribution in [2.24, 2.45) is 0 Å². The van der Waals surface area contributed by atoms with Crippen molar-refractivity contribution in [1.82, 2.24) is 10.3 Å². The monoisotopic (exact) mass is 299 g/mol. The minimum absolute atomic E-state index is 0.350. The molecule has 1 atom stereocenters. The highest BCUT2D eigenvalue weighted by atomic mass is 16.5. The molecule has 6 heteroatoms. The minimum Gasteiger partial charge on any atom is -0.467 e. The Morgan fingerprint density at radius 3 is 2.50 bits per heavy atom. The van der Waals surface area contributed by atoms with Crippen LogP contribution in [0.25, 0.3) is 0 Å². The third kappa shape index (κ3) is 4.59. The number of carbonyl (C=O) groups excluding carboxylic acids is 2. The van der Waals surface area contributed by atoms with Gasteiger partial charge in [-0.15, -0.1) is 0 Å². The second kappa shape index (κ2) is 7.78. The van der Waals surface area contributed by atoms with Crippen molar-refractivity contribution in [3.8, 4) is 0 Å². The van der Waals surface area contributed by atoms with Gasteiger partial charge in [-0.25, -0.2) is 14.6 Å². The molecule has 2 aromatic rings. The molecule has 2 rings (SSSR count). The summed E-state index contributed by atoms with van der Waals surface area (Å²) in [6.07, 6.45) is 1.92. The van der Waals surface area contributed by atoms with E-state index in [-0.39, 0.29) is 0 Å². The summed E-state index contributed by atoms with van der Waals surface area (Å²) in [6, 6.07) is 13.3. The normalized spacial score (nSPS) is 11.3. The molecule has 0 spiro atoms. The zero-order chi connectivity index (χ0) is 15.8. The highest BCUT2D eigenvalue weighted by molar-refractivity contribution is 5.91. The quantitative estimate of drug-likeness (QED) is 0.827. The van der Waals surface area contributed by atoms with Crippen LogP contribution in [-0.2, 0) is 16.0 Å². The van der Waals surface area contributed by atoms with E-state index in [1.807, 2.05) is 30.3 Å². The highest BCUT2D eigenvalue weighted by Crippen LogP contribution is 2.05. The predicted molar refractivity (Wildman–Crippen MR) is 82.3 cm³/mol.